The molecule has 102 valence electrons. The molecule has 0 aliphatic rings. The molecule has 20 heavy (non-hydrogen) atoms. The van der Waals surface area contributed by atoms with Gasteiger partial charge in [-0.1, -0.05) is 37.3 Å². The van der Waals surface area contributed by atoms with Gasteiger partial charge >= 0.3 is 0 Å². The normalized spacial score (nSPS) is 11.1. The Hall–Kier alpha value is -2.36. The van der Waals surface area contributed by atoms with Gasteiger partial charge in [0, 0.05) is 11.5 Å². The molecule has 0 amide bonds. The quantitative estimate of drug-likeness (QED) is 0.793. The van der Waals surface area contributed by atoms with Crippen molar-refractivity contribution in [2.45, 2.75) is 26.8 Å². The van der Waals surface area contributed by atoms with Crippen LogP contribution < -0.4 is 5.56 Å². The van der Waals surface area contributed by atoms with E-state index in [2.05, 4.69) is 29.1 Å². The standard InChI is InChI=1S/C16H17N3O/c1-3-13-9-14(20)17-16-15(13)11(2)18-19(16)10-12-7-5-4-6-8-12/h4-9H,3,10H2,1-2H3,(H,17,20). The van der Waals surface area contributed by atoms with Crippen LogP contribution in [0.3, 0.4) is 0 Å². The predicted molar refractivity (Wildman–Crippen MR) is 80.0 cm³/mol. The van der Waals surface area contributed by atoms with Crippen molar-refractivity contribution < 1.29 is 0 Å². The minimum absolute atomic E-state index is 0.0661. The number of hydrogen-bond acceptors (Lipinski definition) is 2. The van der Waals surface area contributed by atoms with Crippen LogP contribution >= 0.6 is 0 Å². The number of aryl methyl sites for hydroxylation is 2. The Labute approximate surface area is 117 Å². The first-order valence-electron chi connectivity index (χ1n) is 6.82. The molecule has 0 aliphatic carbocycles. The van der Waals surface area contributed by atoms with Crippen LogP contribution in [0.1, 0.15) is 23.7 Å². The van der Waals surface area contributed by atoms with Gasteiger partial charge in [-0.15, -0.1) is 0 Å². The second-order valence-electron chi connectivity index (χ2n) is 4.96. The monoisotopic (exact) mass is 267 g/mol. The molecule has 0 spiro atoms. The molecule has 0 bridgehead atoms. The first-order valence-corrected chi connectivity index (χ1v) is 6.82. The summed E-state index contributed by atoms with van der Waals surface area (Å²) in [6.45, 7) is 4.71. The molecule has 3 rings (SSSR count). The molecular formula is C16H17N3O. The predicted octanol–water partition coefficient (Wildman–Crippen LogP) is 2.64. The molecule has 0 saturated carbocycles. The van der Waals surface area contributed by atoms with E-state index in [4.69, 9.17) is 0 Å². The van der Waals surface area contributed by atoms with Crippen molar-refractivity contribution in [2.75, 3.05) is 0 Å². The fourth-order valence-electron chi connectivity index (χ4n) is 2.63. The van der Waals surface area contributed by atoms with Gasteiger partial charge in [-0.25, -0.2) is 4.68 Å². The van der Waals surface area contributed by atoms with E-state index < -0.39 is 0 Å². The third-order valence-electron chi connectivity index (χ3n) is 3.55. The number of aromatic amines is 1. The lowest BCUT2D eigenvalue weighted by molar-refractivity contribution is 0.695. The molecule has 0 saturated heterocycles. The molecule has 0 aliphatic heterocycles. The minimum Gasteiger partial charge on any atom is -0.307 e. The van der Waals surface area contributed by atoms with Crippen LogP contribution in [0.4, 0.5) is 0 Å². The summed E-state index contributed by atoms with van der Waals surface area (Å²) in [6, 6.07) is 11.8. The number of pyridine rings is 1. The Morgan fingerprint density at radius 3 is 2.70 bits per heavy atom. The first-order chi connectivity index (χ1) is 9.69. The highest BCUT2D eigenvalue weighted by molar-refractivity contribution is 5.82. The van der Waals surface area contributed by atoms with E-state index in [0.29, 0.717) is 6.54 Å². The van der Waals surface area contributed by atoms with Gasteiger partial charge in [0.25, 0.3) is 0 Å². The highest BCUT2D eigenvalue weighted by atomic mass is 16.1. The van der Waals surface area contributed by atoms with Crippen LogP contribution in [0, 0.1) is 6.92 Å². The van der Waals surface area contributed by atoms with Gasteiger partial charge in [0.15, 0.2) is 0 Å². The maximum atomic E-state index is 11.8. The van der Waals surface area contributed by atoms with Gasteiger partial charge in [-0.2, -0.15) is 5.10 Å². The zero-order valence-electron chi connectivity index (χ0n) is 11.7. The van der Waals surface area contributed by atoms with E-state index in [1.165, 1.54) is 5.56 Å². The van der Waals surface area contributed by atoms with Gasteiger partial charge in [-0.05, 0) is 24.5 Å². The van der Waals surface area contributed by atoms with Crippen LogP contribution in [0.5, 0.6) is 0 Å². The van der Waals surface area contributed by atoms with E-state index in [1.54, 1.807) is 6.07 Å². The number of nitrogens with zero attached hydrogens (tertiary/aromatic N) is 2. The summed E-state index contributed by atoms with van der Waals surface area (Å²) in [7, 11) is 0. The average molecular weight is 267 g/mol. The Morgan fingerprint density at radius 1 is 1.25 bits per heavy atom. The number of fused-ring (bicyclic) bond motifs is 1. The van der Waals surface area contributed by atoms with Crippen LogP contribution in [-0.2, 0) is 13.0 Å². The van der Waals surface area contributed by atoms with Crippen molar-refractivity contribution >= 4 is 11.0 Å². The van der Waals surface area contributed by atoms with E-state index >= 15 is 0 Å². The smallest absolute Gasteiger partial charge is 0.249 e. The third-order valence-corrected chi connectivity index (χ3v) is 3.55. The molecule has 1 aromatic carbocycles. The summed E-state index contributed by atoms with van der Waals surface area (Å²) in [5.74, 6) is 0. The second kappa shape index (κ2) is 4.96. The molecule has 0 fully saturated rings. The fourth-order valence-corrected chi connectivity index (χ4v) is 2.63. The van der Waals surface area contributed by atoms with Crippen molar-refractivity contribution in [3.05, 3.63) is 63.6 Å². The van der Waals surface area contributed by atoms with Crippen molar-refractivity contribution in [3.8, 4) is 0 Å². The summed E-state index contributed by atoms with van der Waals surface area (Å²) >= 11 is 0. The Kier molecular flexibility index (Phi) is 3.14. The molecule has 4 heteroatoms. The Balaban J connectivity index is 2.17. The number of hydrogen-bond donors (Lipinski definition) is 1. The zero-order chi connectivity index (χ0) is 14.1. The number of benzene rings is 1. The molecular weight excluding hydrogens is 250 g/mol. The maximum Gasteiger partial charge on any atom is 0.249 e. The largest absolute Gasteiger partial charge is 0.307 e. The summed E-state index contributed by atoms with van der Waals surface area (Å²) in [6.07, 6.45) is 0.832. The van der Waals surface area contributed by atoms with Crippen LogP contribution in [0.25, 0.3) is 11.0 Å². The molecule has 3 aromatic rings. The number of nitrogens with one attached hydrogen (secondary N) is 1. The van der Waals surface area contributed by atoms with Gasteiger partial charge in [-0.3, -0.25) is 4.79 Å². The number of H-pyrrole nitrogens is 1. The highest BCUT2D eigenvalue weighted by Crippen LogP contribution is 2.20. The Bertz CT molecular complexity index is 800. The molecule has 1 N–H and O–H groups in total. The summed E-state index contributed by atoms with van der Waals surface area (Å²) in [5, 5.41) is 5.65. The molecule has 2 aromatic heterocycles. The Morgan fingerprint density at radius 2 is 2.00 bits per heavy atom. The summed E-state index contributed by atoms with van der Waals surface area (Å²) in [5.41, 5.74) is 3.93. The average Bonchev–Trinajstić information content (AvgIpc) is 2.75. The third kappa shape index (κ3) is 2.13. The molecule has 0 unspecified atom stereocenters. The SMILES string of the molecule is CCc1cc(=O)[nH]c2c1c(C)nn2Cc1ccccc1. The van der Waals surface area contributed by atoms with E-state index in [9.17, 15) is 4.79 Å². The van der Waals surface area contributed by atoms with Crippen LogP contribution in [0.15, 0.2) is 41.2 Å². The highest BCUT2D eigenvalue weighted by Gasteiger charge is 2.12. The van der Waals surface area contributed by atoms with Crippen LogP contribution in [-0.4, -0.2) is 14.8 Å². The number of aromatic nitrogens is 3. The molecule has 4 nitrogen and oxygen atoms in total. The lowest BCUT2D eigenvalue weighted by atomic mass is 10.1. The molecule has 2 heterocycles. The maximum absolute atomic E-state index is 11.8. The van der Waals surface area contributed by atoms with E-state index in [-0.39, 0.29) is 5.56 Å². The van der Waals surface area contributed by atoms with Crippen molar-refractivity contribution in [3.63, 3.8) is 0 Å². The van der Waals surface area contributed by atoms with Gasteiger partial charge in [0.05, 0.1) is 12.2 Å². The lowest BCUT2D eigenvalue weighted by Gasteiger charge is -2.04. The lowest BCUT2D eigenvalue weighted by Crippen LogP contribution is -2.10. The zero-order valence-corrected chi connectivity index (χ0v) is 11.7. The second-order valence-corrected chi connectivity index (χ2v) is 4.96. The fraction of sp³-hybridized carbons (Fsp3) is 0.250. The molecule has 0 radical (unpaired) electrons. The van der Waals surface area contributed by atoms with Gasteiger partial charge < -0.3 is 4.98 Å². The van der Waals surface area contributed by atoms with Crippen molar-refractivity contribution in [2.24, 2.45) is 0 Å². The molecule has 0 atom stereocenters. The van der Waals surface area contributed by atoms with Gasteiger partial charge in [0.1, 0.15) is 5.65 Å². The van der Waals surface area contributed by atoms with Crippen molar-refractivity contribution in [1.29, 1.82) is 0 Å². The topological polar surface area (TPSA) is 50.7 Å². The number of rotatable bonds is 3. The van der Waals surface area contributed by atoms with Crippen LogP contribution in [0.2, 0.25) is 0 Å². The minimum atomic E-state index is -0.0661. The van der Waals surface area contributed by atoms with Gasteiger partial charge in [0.2, 0.25) is 5.56 Å². The summed E-state index contributed by atoms with van der Waals surface area (Å²) < 4.78 is 1.88. The van der Waals surface area contributed by atoms with Crippen molar-refractivity contribution in [1.82, 2.24) is 14.8 Å². The van der Waals surface area contributed by atoms with E-state index in [0.717, 1.165) is 28.7 Å². The summed E-state index contributed by atoms with van der Waals surface area (Å²) in [4.78, 5) is 14.7. The van der Waals surface area contributed by atoms with E-state index in [1.807, 2.05) is 29.8 Å². The first kappa shape index (κ1) is 12.7.